The minimum Gasteiger partial charge on any atom is -0.494 e. The summed E-state index contributed by atoms with van der Waals surface area (Å²) in [5.41, 5.74) is 4.39. The summed E-state index contributed by atoms with van der Waals surface area (Å²) in [6, 6.07) is 19.5. The van der Waals surface area contributed by atoms with Crippen LogP contribution in [-0.4, -0.2) is 20.8 Å². The Labute approximate surface area is 157 Å². The quantitative estimate of drug-likeness (QED) is 0.422. The summed E-state index contributed by atoms with van der Waals surface area (Å²) in [4.78, 5) is 11.1. The van der Waals surface area contributed by atoms with E-state index in [4.69, 9.17) is 9.94 Å². The number of carbonyl (C=O) groups is 1. The highest BCUT2D eigenvalue weighted by Gasteiger charge is 2.10. The molecule has 0 unspecified atom stereocenters. The average molecular weight is 366 g/mol. The lowest BCUT2D eigenvalue weighted by Gasteiger charge is -2.09. The molecule has 140 valence electrons. The molecule has 0 atom stereocenters. The van der Waals surface area contributed by atoms with Crippen molar-refractivity contribution in [3.05, 3.63) is 83.6 Å². The highest BCUT2D eigenvalue weighted by atomic mass is 16.5. The SMILES string of the molecule is O=C(CCc1ccn(Cc2ccc(OCc3ccccc3)cc2)c1O)NO. The third kappa shape index (κ3) is 5.12. The summed E-state index contributed by atoms with van der Waals surface area (Å²) < 4.78 is 7.49. The number of nitrogens with zero attached hydrogens (tertiary/aromatic N) is 1. The predicted octanol–water partition coefficient (Wildman–Crippen LogP) is 3.26. The number of benzene rings is 2. The number of nitrogens with one attached hydrogen (secondary N) is 1. The Morgan fingerprint density at radius 2 is 1.74 bits per heavy atom. The Morgan fingerprint density at radius 3 is 2.44 bits per heavy atom. The largest absolute Gasteiger partial charge is 0.494 e. The monoisotopic (exact) mass is 366 g/mol. The molecule has 1 amide bonds. The molecule has 3 aromatic rings. The fourth-order valence-electron chi connectivity index (χ4n) is 2.77. The maximum Gasteiger partial charge on any atom is 0.243 e. The summed E-state index contributed by atoms with van der Waals surface area (Å²) in [5, 5.41) is 18.8. The van der Waals surface area contributed by atoms with E-state index in [2.05, 4.69) is 0 Å². The number of amides is 1. The van der Waals surface area contributed by atoms with Gasteiger partial charge in [-0.2, -0.15) is 0 Å². The van der Waals surface area contributed by atoms with Crippen LogP contribution < -0.4 is 10.2 Å². The van der Waals surface area contributed by atoms with Crippen LogP contribution in [0.4, 0.5) is 0 Å². The Bertz CT molecular complexity index is 873. The van der Waals surface area contributed by atoms with Gasteiger partial charge < -0.3 is 14.4 Å². The van der Waals surface area contributed by atoms with Gasteiger partial charge >= 0.3 is 0 Å². The normalized spacial score (nSPS) is 10.6. The Kier molecular flexibility index (Phi) is 6.12. The first-order valence-electron chi connectivity index (χ1n) is 8.71. The molecule has 0 radical (unpaired) electrons. The summed E-state index contributed by atoms with van der Waals surface area (Å²) in [6.45, 7) is 1.03. The molecule has 0 spiro atoms. The molecule has 0 fully saturated rings. The zero-order valence-corrected chi connectivity index (χ0v) is 14.8. The molecular formula is C21H22N2O4. The number of hydrogen-bond donors (Lipinski definition) is 3. The van der Waals surface area contributed by atoms with E-state index in [0.717, 1.165) is 16.9 Å². The average Bonchev–Trinajstić information content (AvgIpc) is 3.06. The van der Waals surface area contributed by atoms with Crippen molar-refractivity contribution in [1.82, 2.24) is 10.0 Å². The van der Waals surface area contributed by atoms with Gasteiger partial charge in [-0.1, -0.05) is 42.5 Å². The first-order valence-corrected chi connectivity index (χ1v) is 8.71. The van der Waals surface area contributed by atoms with E-state index in [1.54, 1.807) is 22.3 Å². The second kappa shape index (κ2) is 8.91. The van der Waals surface area contributed by atoms with Crippen LogP contribution in [0, 0.1) is 0 Å². The third-order valence-electron chi connectivity index (χ3n) is 4.29. The second-order valence-corrected chi connectivity index (χ2v) is 6.25. The van der Waals surface area contributed by atoms with Gasteiger partial charge in [-0.25, -0.2) is 5.48 Å². The first kappa shape index (κ1) is 18.5. The molecule has 6 nitrogen and oxygen atoms in total. The zero-order chi connectivity index (χ0) is 19.1. The lowest BCUT2D eigenvalue weighted by Crippen LogP contribution is -2.18. The fraction of sp³-hybridized carbons (Fsp3) is 0.190. The van der Waals surface area contributed by atoms with Crippen molar-refractivity contribution in [2.45, 2.75) is 26.0 Å². The number of rotatable bonds is 8. The van der Waals surface area contributed by atoms with Gasteiger partial charge in [-0.3, -0.25) is 10.0 Å². The lowest BCUT2D eigenvalue weighted by molar-refractivity contribution is -0.129. The van der Waals surface area contributed by atoms with Crippen molar-refractivity contribution in [2.24, 2.45) is 0 Å². The molecule has 0 bridgehead atoms. The van der Waals surface area contributed by atoms with Crippen molar-refractivity contribution in [1.29, 1.82) is 0 Å². The molecule has 0 aliphatic heterocycles. The number of aryl methyl sites for hydroxylation is 1. The molecule has 27 heavy (non-hydrogen) atoms. The number of carbonyl (C=O) groups excluding carboxylic acids is 1. The first-order chi connectivity index (χ1) is 13.2. The van der Waals surface area contributed by atoms with Crippen molar-refractivity contribution in [2.75, 3.05) is 0 Å². The van der Waals surface area contributed by atoms with Crippen molar-refractivity contribution < 1.29 is 19.8 Å². The van der Waals surface area contributed by atoms with Crippen LogP contribution in [0.1, 0.15) is 23.1 Å². The van der Waals surface area contributed by atoms with Crippen molar-refractivity contribution in [3.8, 4) is 11.6 Å². The molecule has 3 N–H and O–H groups in total. The number of aromatic hydroxyl groups is 1. The molecule has 0 saturated heterocycles. The zero-order valence-electron chi connectivity index (χ0n) is 14.8. The summed E-state index contributed by atoms with van der Waals surface area (Å²) in [7, 11) is 0. The van der Waals surface area contributed by atoms with Gasteiger partial charge in [-0.15, -0.1) is 0 Å². The van der Waals surface area contributed by atoms with Crippen LogP contribution in [-0.2, 0) is 24.4 Å². The van der Waals surface area contributed by atoms with Crippen LogP contribution in [0.15, 0.2) is 66.9 Å². The summed E-state index contributed by atoms with van der Waals surface area (Å²) in [5.74, 6) is 0.438. The molecule has 3 rings (SSSR count). The highest BCUT2D eigenvalue weighted by molar-refractivity contribution is 5.74. The Morgan fingerprint density at radius 1 is 1.00 bits per heavy atom. The van der Waals surface area contributed by atoms with E-state index in [0.29, 0.717) is 25.1 Å². The minimum atomic E-state index is -0.478. The minimum absolute atomic E-state index is 0.113. The van der Waals surface area contributed by atoms with Gasteiger partial charge in [-0.05, 0) is 35.7 Å². The van der Waals surface area contributed by atoms with E-state index in [1.165, 1.54) is 0 Å². The number of ether oxygens (including phenoxy) is 1. The maximum absolute atomic E-state index is 11.1. The molecule has 6 heteroatoms. The molecule has 1 heterocycles. The van der Waals surface area contributed by atoms with Gasteiger partial charge in [0.25, 0.3) is 0 Å². The van der Waals surface area contributed by atoms with Crippen LogP contribution in [0.3, 0.4) is 0 Å². The fourth-order valence-corrected chi connectivity index (χ4v) is 2.77. The van der Waals surface area contributed by atoms with Crippen LogP contribution in [0.2, 0.25) is 0 Å². The van der Waals surface area contributed by atoms with E-state index in [-0.39, 0.29) is 12.3 Å². The standard InChI is InChI=1S/C21H22N2O4/c24-20(22-26)11-8-18-12-13-23(21(18)25)14-16-6-9-19(10-7-16)27-15-17-4-2-1-3-5-17/h1-7,9-10,12-13,25-26H,8,11,14-15H2,(H,22,24). The van der Waals surface area contributed by atoms with E-state index < -0.39 is 5.91 Å². The molecular weight excluding hydrogens is 344 g/mol. The van der Waals surface area contributed by atoms with Gasteiger partial charge in [0.05, 0.1) is 6.54 Å². The molecule has 0 aliphatic rings. The molecule has 0 saturated carbocycles. The smallest absolute Gasteiger partial charge is 0.243 e. The number of hydroxylamine groups is 1. The molecule has 1 aromatic heterocycles. The Balaban J connectivity index is 1.56. The van der Waals surface area contributed by atoms with Crippen LogP contribution in [0.5, 0.6) is 11.6 Å². The summed E-state index contributed by atoms with van der Waals surface area (Å²) >= 11 is 0. The highest BCUT2D eigenvalue weighted by Crippen LogP contribution is 2.22. The van der Waals surface area contributed by atoms with Gasteiger partial charge in [0.1, 0.15) is 12.4 Å². The predicted molar refractivity (Wildman–Crippen MR) is 101 cm³/mol. The maximum atomic E-state index is 11.1. The van der Waals surface area contributed by atoms with Crippen molar-refractivity contribution >= 4 is 5.91 Å². The molecule has 0 aliphatic carbocycles. The second-order valence-electron chi connectivity index (χ2n) is 6.25. The number of hydrogen-bond acceptors (Lipinski definition) is 4. The van der Waals surface area contributed by atoms with Crippen molar-refractivity contribution in [3.63, 3.8) is 0 Å². The Hall–Kier alpha value is -3.25. The number of aromatic nitrogens is 1. The van der Waals surface area contributed by atoms with Crippen LogP contribution in [0.25, 0.3) is 0 Å². The third-order valence-corrected chi connectivity index (χ3v) is 4.29. The van der Waals surface area contributed by atoms with Gasteiger partial charge in [0, 0.05) is 18.2 Å². The van der Waals surface area contributed by atoms with Gasteiger partial charge in [0.15, 0.2) is 5.88 Å². The van der Waals surface area contributed by atoms with E-state index in [1.807, 2.05) is 54.6 Å². The topological polar surface area (TPSA) is 83.7 Å². The lowest BCUT2D eigenvalue weighted by atomic mass is 10.2. The molecule has 2 aromatic carbocycles. The van der Waals surface area contributed by atoms with E-state index >= 15 is 0 Å². The van der Waals surface area contributed by atoms with Gasteiger partial charge in [0.2, 0.25) is 5.91 Å². The van der Waals surface area contributed by atoms with Crippen LogP contribution >= 0.6 is 0 Å². The van der Waals surface area contributed by atoms with E-state index in [9.17, 15) is 9.90 Å². The summed E-state index contributed by atoms with van der Waals surface area (Å²) in [6.07, 6.45) is 2.25.